The maximum Gasteiger partial charge on any atom is 0.149 e. The zero-order chi connectivity index (χ0) is 22.5. The maximum atomic E-state index is 7.57. The molecule has 166 valence electrons. The molecule has 0 unspecified atom stereocenters. The second-order valence-corrected chi connectivity index (χ2v) is 8.71. The molecule has 3 heterocycles. The van der Waals surface area contributed by atoms with Gasteiger partial charge in [0.15, 0.2) is 0 Å². The number of aromatic nitrogens is 3. The highest BCUT2D eigenvalue weighted by molar-refractivity contribution is 5.83. The summed E-state index contributed by atoms with van der Waals surface area (Å²) in [5.74, 6) is 7.15. The fraction of sp³-hybridized carbons (Fsp3) is 0.462. The van der Waals surface area contributed by atoms with Crippen molar-refractivity contribution < 1.29 is 6.11 Å². The van der Waals surface area contributed by atoms with E-state index in [1.807, 2.05) is 42.7 Å². The minimum atomic E-state index is 0.331. The van der Waals surface area contributed by atoms with Crippen LogP contribution in [-0.2, 0) is 0 Å². The van der Waals surface area contributed by atoms with E-state index in [0.717, 1.165) is 61.4 Å². The van der Waals surface area contributed by atoms with Gasteiger partial charge in [-0.2, -0.15) is 5.10 Å². The summed E-state index contributed by atoms with van der Waals surface area (Å²) in [5.41, 5.74) is 1.90. The lowest BCUT2D eigenvalue weighted by Crippen LogP contribution is -2.49. The van der Waals surface area contributed by atoms with Gasteiger partial charge in [0.05, 0.1) is 16.9 Å². The fourth-order valence-corrected chi connectivity index (χ4v) is 4.91. The van der Waals surface area contributed by atoms with Crippen LogP contribution in [0.15, 0.2) is 48.8 Å². The van der Waals surface area contributed by atoms with Crippen molar-refractivity contribution in [3.63, 3.8) is 0 Å². The highest BCUT2D eigenvalue weighted by Gasteiger charge is 2.29. The Balaban J connectivity index is 1.25. The van der Waals surface area contributed by atoms with E-state index >= 15 is 0 Å². The quantitative estimate of drug-likeness (QED) is 0.592. The number of nitrogens with zero attached hydrogens (tertiary/aromatic N) is 5. The Labute approximate surface area is 191 Å². The van der Waals surface area contributed by atoms with Gasteiger partial charge < -0.3 is 9.64 Å². The summed E-state index contributed by atoms with van der Waals surface area (Å²) < 4.78 is 15.5. The Morgan fingerprint density at radius 1 is 1.03 bits per heavy atom. The highest BCUT2D eigenvalue weighted by atomic mass is 16.5. The fourth-order valence-electron chi connectivity index (χ4n) is 4.91. The van der Waals surface area contributed by atoms with E-state index in [-0.39, 0.29) is 0 Å². The van der Waals surface area contributed by atoms with E-state index in [1.165, 1.54) is 12.8 Å². The Kier molecular flexibility index (Phi) is 6.01. The largest absolute Gasteiger partial charge is 0.481 e. The summed E-state index contributed by atoms with van der Waals surface area (Å²) in [5, 5.41) is 5.93. The van der Waals surface area contributed by atoms with Gasteiger partial charge in [-0.15, -0.1) is 0 Å². The Morgan fingerprint density at radius 3 is 2.59 bits per heavy atom. The average molecular weight is 431 g/mol. The highest BCUT2D eigenvalue weighted by Crippen LogP contribution is 2.33. The number of benzene rings is 1. The molecule has 2 aliphatic rings. The molecule has 1 aliphatic heterocycles. The number of ether oxygens (including phenoxy) is 1. The number of likely N-dealkylation sites (N-methyl/N-ethyl adjacent to an activating group) is 1. The van der Waals surface area contributed by atoms with E-state index in [0.29, 0.717) is 25.7 Å². The zero-order valence-electron chi connectivity index (χ0n) is 19.5. The van der Waals surface area contributed by atoms with Crippen molar-refractivity contribution in [2.45, 2.75) is 37.8 Å². The summed E-state index contributed by atoms with van der Waals surface area (Å²) >= 11 is 0. The molecule has 0 bridgehead atoms. The van der Waals surface area contributed by atoms with E-state index in [9.17, 15) is 0 Å². The molecule has 1 aliphatic carbocycles. The lowest BCUT2D eigenvalue weighted by atomic mass is 9.90. The molecule has 3 aromatic rings. The normalized spacial score (nSPS) is 22.8. The summed E-state index contributed by atoms with van der Waals surface area (Å²) in [6.45, 7) is 4.56. The first kappa shape index (κ1) is 19.8. The first-order chi connectivity index (χ1) is 16.3. The summed E-state index contributed by atoms with van der Waals surface area (Å²) in [6.07, 6.45) is 8.37. The van der Waals surface area contributed by atoms with Crippen LogP contribution in [0.25, 0.3) is 10.9 Å². The second kappa shape index (κ2) is 9.72. The summed E-state index contributed by atoms with van der Waals surface area (Å²) in [7, 11) is 0.422. The van der Waals surface area contributed by atoms with Crippen molar-refractivity contribution in [2.75, 3.05) is 39.8 Å². The lowest BCUT2D eigenvalue weighted by Gasteiger charge is -2.41. The van der Waals surface area contributed by atoms with Gasteiger partial charge in [-0.3, -0.25) is 14.6 Å². The molecular weight excluding hydrogens is 398 g/mol. The van der Waals surface area contributed by atoms with E-state index < -0.39 is 0 Å². The van der Waals surface area contributed by atoms with Gasteiger partial charge in [-0.25, -0.2) is 0 Å². The Hall–Kier alpha value is -2.88. The van der Waals surface area contributed by atoms with Crippen LogP contribution in [0.4, 0.5) is 0 Å². The molecule has 2 fully saturated rings. The number of hydrogen-bond acceptors (Lipinski definition) is 5. The van der Waals surface area contributed by atoms with Crippen LogP contribution in [0, 0.1) is 11.8 Å². The summed E-state index contributed by atoms with van der Waals surface area (Å²) in [6, 6.07) is 12.9. The van der Waals surface area contributed by atoms with Crippen LogP contribution >= 0.6 is 0 Å². The number of rotatable bonds is 4. The smallest absolute Gasteiger partial charge is 0.149 e. The number of pyridine rings is 1. The van der Waals surface area contributed by atoms with Crippen LogP contribution in [-0.4, -0.2) is 70.4 Å². The van der Waals surface area contributed by atoms with Gasteiger partial charge in [0.25, 0.3) is 0 Å². The molecule has 6 heteroatoms. The molecule has 5 rings (SSSR count). The zero-order valence-corrected chi connectivity index (χ0v) is 18.5. The minimum Gasteiger partial charge on any atom is -0.481 e. The molecule has 0 radical (unpaired) electrons. The van der Waals surface area contributed by atoms with Crippen LogP contribution in [0.5, 0.6) is 5.75 Å². The van der Waals surface area contributed by atoms with Gasteiger partial charge >= 0.3 is 0 Å². The number of fused-ring (bicyclic) bond motifs is 1. The van der Waals surface area contributed by atoms with Crippen molar-refractivity contribution in [1.29, 1.82) is 0 Å². The van der Waals surface area contributed by atoms with Gasteiger partial charge in [0.1, 0.15) is 18.1 Å². The van der Waals surface area contributed by atoms with Gasteiger partial charge in [0.2, 0.25) is 0 Å². The third kappa shape index (κ3) is 4.64. The molecule has 32 heavy (non-hydrogen) atoms. The molecule has 6 nitrogen and oxygen atoms in total. The predicted molar refractivity (Wildman–Crippen MR) is 127 cm³/mol. The molecule has 0 atom stereocenters. The van der Waals surface area contributed by atoms with Crippen LogP contribution in [0.1, 0.15) is 38.8 Å². The van der Waals surface area contributed by atoms with Gasteiger partial charge in [0, 0.05) is 46.0 Å². The SMILES string of the molecule is [2H]CN1CCN(C2CCC(n3nc(C#CCOc4ccccc4)c4cnccc43)CC2)CC1. The van der Waals surface area contributed by atoms with Crippen LogP contribution in [0.3, 0.4) is 0 Å². The first-order valence-electron chi connectivity index (χ1n) is 12.3. The van der Waals surface area contributed by atoms with E-state index in [4.69, 9.17) is 11.2 Å². The summed E-state index contributed by atoms with van der Waals surface area (Å²) in [4.78, 5) is 9.18. The molecule has 0 spiro atoms. The second-order valence-electron chi connectivity index (χ2n) is 8.71. The van der Waals surface area contributed by atoms with Crippen LogP contribution in [0.2, 0.25) is 0 Å². The number of para-hydroxylation sites is 1. The maximum absolute atomic E-state index is 7.57. The molecule has 2 aromatic heterocycles. The first-order valence-corrected chi connectivity index (χ1v) is 11.6. The Bertz CT molecular complexity index is 1110. The van der Waals surface area contributed by atoms with Crippen LogP contribution < -0.4 is 4.74 Å². The molecule has 1 saturated heterocycles. The van der Waals surface area contributed by atoms with Crippen molar-refractivity contribution in [2.24, 2.45) is 0 Å². The number of hydrogen-bond donors (Lipinski definition) is 0. The van der Waals surface area contributed by atoms with E-state index in [1.54, 1.807) is 0 Å². The molecule has 1 aromatic carbocycles. The molecule has 1 saturated carbocycles. The topological polar surface area (TPSA) is 46.4 Å². The van der Waals surface area contributed by atoms with Gasteiger partial charge in [-0.1, -0.05) is 24.1 Å². The lowest BCUT2D eigenvalue weighted by molar-refractivity contribution is 0.0815. The molecular formula is C26H31N5O. The van der Waals surface area contributed by atoms with E-state index in [2.05, 4.69) is 37.4 Å². The number of piperazine rings is 1. The van der Waals surface area contributed by atoms with Crippen molar-refractivity contribution in [3.05, 3.63) is 54.5 Å². The van der Waals surface area contributed by atoms with Crippen molar-refractivity contribution in [3.8, 4) is 17.6 Å². The Morgan fingerprint density at radius 2 is 1.81 bits per heavy atom. The standard InChI is InChI=1S/C26H31N5O/c1-29-15-17-30(18-16-29)21-9-11-22(12-10-21)31-26-13-14-27-20-24(26)25(28-31)8-5-19-32-23-6-3-2-4-7-23/h2-4,6-7,13-14,20-22H,9-12,15-19H2,1H3/i1D. The van der Waals surface area contributed by atoms with Crippen molar-refractivity contribution in [1.82, 2.24) is 24.6 Å². The molecule has 0 N–H and O–H groups in total. The third-order valence-corrected chi connectivity index (χ3v) is 6.70. The predicted octanol–water partition coefficient (Wildman–Crippen LogP) is 3.59. The minimum absolute atomic E-state index is 0.331. The van der Waals surface area contributed by atoms with Crippen molar-refractivity contribution >= 4 is 10.9 Å². The average Bonchev–Trinajstić information content (AvgIpc) is 3.26. The molecule has 0 amide bonds. The monoisotopic (exact) mass is 430 g/mol. The van der Waals surface area contributed by atoms with Gasteiger partial charge in [-0.05, 0) is 56.8 Å². The third-order valence-electron chi connectivity index (χ3n) is 6.70.